The number of nitrogens with two attached hydrogens (primary N) is 1. The first-order valence-corrected chi connectivity index (χ1v) is 6.72. The number of aryl methyl sites for hydroxylation is 1. The summed E-state index contributed by atoms with van der Waals surface area (Å²) in [6, 6.07) is 0. The highest BCUT2D eigenvalue weighted by molar-refractivity contribution is 7.99. The van der Waals surface area contributed by atoms with Gasteiger partial charge in [0.25, 0.3) is 0 Å². The van der Waals surface area contributed by atoms with Crippen molar-refractivity contribution in [1.29, 1.82) is 0 Å². The van der Waals surface area contributed by atoms with Crippen molar-refractivity contribution in [2.75, 3.05) is 18.1 Å². The van der Waals surface area contributed by atoms with E-state index in [1.54, 1.807) is 0 Å². The highest BCUT2D eigenvalue weighted by atomic mass is 32.2. The monoisotopic (exact) mass is 225 g/mol. The smallest absolute Gasteiger partial charge is 0.113 e. The van der Waals surface area contributed by atoms with Crippen molar-refractivity contribution in [1.82, 2.24) is 9.97 Å². The fraction of sp³-hybridized carbons (Fsp3) is 0.727. The third-order valence-corrected chi connectivity index (χ3v) is 4.40. The number of nitrogens with one attached hydrogen (secondary N) is 1. The van der Waals surface area contributed by atoms with Crippen LogP contribution in [0.4, 0.5) is 0 Å². The molecule has 3 N–H and O–H groups in total. The second kappa shape index (κ2) is 4.58. The molecule has 1 fully saturated rings. The molecule has 2 rings (SSSR count). The molecule has 1 aliphatic heterocycles. The average Bonchev–Trinajstić information content (AvgIpc) is 2.84. The maximum Gasteiger partial charge on any atom is 0.113 e. The number of rotatable bonds is 4. The molecule has 0 radical (unpaired) electrons. The summed E-state index contributed by atoms with van der Waals surface area (Å²) in [7, 11) is 0. The molecule has 15 heavy (non-hydrogen) atoms. The minimum absolute atomic E-state index is 0.269. The number of thioether (sulfide) groups is 1. The van der Waals surface area contributed by atoms with Crippen LogP contribution in [0.2, 0.25) is 0 Å². The Labute approximate surface area is 95.2 Å². The maximum atomic E-state index is 5.49. The predicted octanol–water partition coefficient (Wildman–Crippen LogP) is 1.70. The fourth-order valence-corrected chi connectivity index (χ4v) is 3.41. The topological polar surface area (TPSA) is 54.7 Å². The molecule has 1 aromatic heterocycles. The van der Waals surface area contributed by atoms with E-state index in [4.69, 9.17) is 5.73 Å². The zero-order valence-corrected chi connectivity index (χ0v) is 10.1. The molecule has 4 heteroatoms. The van der Waals surface area contributed by atoms with Crippen molar-refractivity contribution in [3.63, 3.8) is 0 Å². The summed E-state index contributed by atoms with van der Waals surface area (Å²) in [5, 5.41) is 0. The lowest BCUT2D eigenvalue weighted by atomic mass is 9.89. The van der Waals surface area contributed by atoms with Crippen LogP contribution >= 0.6 is 11.8 Å². The third-order valence-electron chi connectivity index (χ3n) is 3.07. The van der Waals surface area contributed by atoms with Crippen molar-refractivity contribution < 1.29 is 0 Å². The van der Waals surface area contributed by atoms with Crippen LogP contribution < -0.4 is 5.73 Å². The Morgan fingerprint density at radius 3 is 3.20 bits per heavy atom. The van der Waals surface area contributed by atoms with E-state index in [0.29, 0.717) is 0 Å². The number of imidazole rings is 1. The quantitative estimate of drug-likeness (QED) is 0.820. The number of hydrogen-bond acceptors (Lipinski definition) is 3. The summed E-state index contributed by atoms with van der Waals surface area (Å²) in [5.41, 5.74) is 6.99. The zero-order valence-electron chi connectivity index (χ0n) is 9.25. The molecule has 1 saturated heterocycles. The SMILES string of the molecule is CC1(c2ncc(CCCN)[nH]2)CCSC1. The Morgan fingerprint density at radius 2 is 2.53 bits per heavy atom. The van der Waals surface area contributed by atoms with Gasteiger partial charge in [-0.25, -0.2) is 4.98 Å². The number of aromatic amines is 1. The van der Waals surface area contributed by atoms with E-state index in [-0.39, 0.29) is 5.41 Å². The largest absolute Gasteiger partial charge is 0.345 e. The highest BCUT2D eigenvalue weighted by Gasteiger charge is 2.33. The molecule has 3 nitrogen and oxygen atoms in total. The average molecular weight is 225 g/mol. The third kappa shape index (κ3) is 2.37. The van der Waals surface area contributed by atoms with Crippen LogP contribution in [0.3, 0.4) is 0 Å². The van der Waals surface area contributed by atoms with Crippen molar-refractivity contribution in [3.8, 4) is 0 Å². The Bertz CT molecular complexity index is 315. The molecule has 0 saturated carbocycles. The molecule has 1 atom stereocenters. The van der Waals surface area contributed by atoms with Gasteiger partial charge in [0.2, 0.25) is 0 Å². The summed E-state index contributed by atoms with van der Waals surface area (Å²) in [6.07, 6.45) is 5.26. The van der Waals surface area contributed by atoms with Gasteiger partial charge in [-0.15, -0.1) is 0 Å². The molecule has 84 valence electrons. The molecule has 1 aromatic rings. The van der Waals surface area contributed by atoms with Gasteiger partial charge in [-0.3, -0.25) is 0 Å². The Hall–Kier alpha value is -0.480. The number of nitrogens with zero attached hydrogens (tertiary/aromatic N) is 1. The standard InChI is InChI=1S/C11H19N3S/c1-11(4-6-15-8-11)10-13-7-9(14-10)3-2-5-12/h7H,2-6,8,12H2,1H3,(H,13,14). The van der Waals surface area contributed by atoms with Crippen LogP contribution in [-0.2, 0) is 11.8 Å². The first-order valence-electron chi connectivity index (χ1n) is 5.57. The molecule has 0 spiro atoms. The molecule has 2 heterocycles. The first kappa shape index (κ1) is 11.0. The van der Waals surface area contributed by atoms with Gasteiger partial charge in [0.1, 0.15) is 5.82 Å². The molecular weight excluding hydrogens is 206 g/mol. The van der Waals surface area contributed by atoms with Gasteiger partial charge in [-0.1, -0.05) is 6.92 Å². The molecule has 0 aliphatic carbocycles. The number of aromatic nitrogens is 2. The van der Waals surface area contributed by atoms with E-state index < -0.39 is 0 Å². The number of hydrogen-bond donors (Lipinski definition) is 2. The van der Waals surface area contributed by atoms with E-state index in [0.717, 1.165) is 19.4 Å². The van der Waals surface area contributed by atoms with Gasteiger partial charge in [-0.2, -0.15) is 11.8 Å². The van der Waals surface area contributed by atoms with Crippen LogP contribution in [0.1, 0.15) is 31.3 Å². The summed E-state index contributed by atoms with van der Waals surface area (Å²) < 4.78 is 0. The van der Waals surface area contributed by atoms with Gasteiger partial charge >= 0.3 is 0 Å². The van der Waals surface area contributed by atoms with Crippen LogP contribution in [0, 0.1) is 0 Å². The first-order chi connectivity index (χ1) is 7.24. The van der Waals surface area contributed by atoms with Crippen LogP contribution in [0.15, 0.2) is 6.20 Å². The Balaban J connectivity index is 2.05. The van der Waals surface area contributed by atoms with Gasteiger partial charge in [-0.05, 0) is 31.6 Å². The van der Waals surface area contributed by atoms with E-state index in [2.05, 4.69) is 16.9 Å². The Morgan fingerprint density at radius 1 is 1.67 bits per heavy atom. The molecule has 0 bridgehead atoms. The Kier molecular flexibility index (Phi) is 3.36. The van der Waals surface area contributed by atoms with Crippen LogP contribution in [0.5, 0.6) is 0 Å². The van der Waals surface area contributed by atoms with E-state index in [1.807, 2.05) is 18.0 Å². The summed E-state index contributed by atoms with van der Waals surface area (Å²) in [5.74, 6) is 3.62. The number of H-pyrrole nitrogens is 1. The lowest BCUT2D eigenvalue weighted by molar-refractivity contribution is 0.508. The van der Waals surface area contributed by atoms with Gasteiger partial charge < -0.3 is 10.7 Å². The van der Waals surface area contributed by atoms with Crippen molar-refractivity contribution in [2.45, 2.75) is 31.6 Å². The lowest BCUT2D eigenvalue weighted by Gasteiger charge is -2.19. The normalized spacial score (nSPS) is 26.0. The lowest BCUT2D eigenvalue weighted by Crippen LogP contribution is -2.22. The zero-order chi connectivity index (χ0) is 10.7. The second-order valence-corrected chi connectivity index (χ2v) is 5.62. The van der Waals surface area contributed by atoms with Crippen LogP contribution in [-0.4, -0.2) is 28.0 Å². The summed E-state index contributed by atoms with van der Waals surface area (Å²) in [4.78, 5) is 7.96. The summed E-state index contributed by atoms with van der Waals surface area (Å²) in [6.45, 7) is 3.06. The highest BCUT2D eigenvalue weighted by Crippen LogP contribution is 2.36. The minimum atomic E-state index is 0.269. The molecule has 1 unspecified atom stereocenters. The van der Waals surface area contributed by atoms with E-state index in [1.165, 1.54) is 29.4 Å². The minimum Gasteiger partial charge on any atom is -0.345 e. The van der Waals surface area contributed by atoms with Crippen molar-refractivity contribution in [3.05, 3.63) is 17.7 Å². The fourth-order valence-electron chi connectivity index (χ4n) is 1.94. The molecule has 0 amide bonds. The van der Waals surface area contributed by atoms with Crippen molar-refractivity contribution >= 4 is 11.8 Å². The van der Waals surface area contributed by atoms with Gasteiger partial charge in [0.05, 0.1) is 0 Å². The molecule has 1 aliphatic rings. The van der Waals surface area contributed by atoms with E-state index in [9.17, 15) is 0 Å². The molecule has 0 aromatic carbocycles. The summed E-state index contributed by atoms with van der Waals surface area (Å²) >= 11 is 2.02. The van der Waals surface area contributed by atoms with E-state index >= 15 is 0 Å². The van der Waals surface area contributed by atoms with Gasteiger partial charge in [0, 0.05) is 23.1 Å². The van der Waals surface area contributed by atoms with Crippen LogP contribution in [0.25, 0.3) is 0 Å². The predicted molar refractivity (Wildman–Crippen MR) is 65.3 cm³/mol. The van der Waals surface area contributed by atoms with Crippen molar-refractivity contribution in [2.24, 2.45) is 5.73 Å². The molecular formula is C11H19N3S. The second-order valence-electron chi connectivity index (χ2n) is 4.51. The maximum absolute atomic E-state index is 5.49. The van der Waals surface area contributed by atoms with Gasteiger partial charge in [0.15, 0.2) is 0 Å².